The van der Waals surface area contributed by atoms with Crippen molar-refractivity contribution in [2.75, 3.05) is 11.4 Å². The molecule has 4 nitrogen and oxygen atoms in total. The van der Waals surface area contributed by atoms with Crippen LogP contribution in [0.15, 0.2) is 48.5 Å². The Labute approximate surface area is 152 Å². The Hall–Kier alpha value is -2.69. The molecule has 2 aromatic rings. The highest BCUT2D eigenvalue weighted by atomic mass is 19.1. The Bertz CT molecular complexity index is 826. The lowest BCUT2D eigenvalue weighted by atomic mass is 9.95. The minimum absolute atomic E-state index is 0.0112. The highest BCUT2D eigenvalue weighted by Gasteiger charge is 2.51. The molecule has 2 amide bonds. The number of anilines is 1. The summed E-state index contributed by atoms with van der Waals surface area (Å²) in [6.45, 7) is 1.21. The quantitative estimate of drug-likeness (QED) is 0.898. The van der Waals surface area contributed by atoms with Gasteiger partial charge in [-0.2, -0.15) is 0 Å². The zero-order chi connectivity index (χ0) is 18.1. The van der Waals surface area contributed by atoms with Crippen LogP contribution in [0.3, 0.4) is 0 Å². The molecule has 2 aliphatic rings. The summed E-state index contributed by atoms with van der Waals surface area (Å²) in [5.41, 5.74) is 2.27. The lowest BCUT2D eigenvalue weighted by Crippen LogP contribution is -2.34. The fraction of sp³-hybridized carbons (Fsp3) is 0.333. The molecule has 0 unspecified atom stereocenters. The van der Waals surface area contributed by atoms with Gasteiger partial charge in [0.05, 0.1) is 5.41 Å². The number of carbonyl (C=O) groups excluding carboxylic acids is 2. The second kappa shape index (κ2) is 6.56. The average Bonchev–Trinajstić information content (AvgIpc) is 3.36. The minimum atomic E-state index is -0.504. The topological polar surface area (TPSA) is 49.4 Å². The number of hydrogen-bond donors (Lipinski definition) is 1. The molecule has 5 heteroatoms. The molecule has 1 heterocycles. The lowest BCUT2D eigenvalue weighted by molar-refractivity contribution is -0.123. The van der Waals surface area contributed by atoms with E-state index in [0.717, 1.165) is 42.6 Å². The van der Waals surface area contributed by atoms with Crippen LogP contribution in [-0.2, 0) is 21.5 Å². The molecule has 1 aliphatic heterocycles. The first-order valence-corrected chi connectivity index (χ1v) is 9.02. The van der Waals surface area contributed by atoms with Gasteiger partial charge in [0.2, 0.25) is 11.8 Å². The van der Waals surface area contributed by atoms with E-state index in [0.29, 0.717) is 13.0 Å². The highest BCUT2D eigenvalue weighted by molar-refractivity contribution is 5.95. The van der Waals surface area contributed by atoms with Crippen molar-refractivity contribution in [1.82, 2.24) is 5.32 Å². The molecule has 1 saturated heterocycles. The summed E-state index contributed by atoms with van der Waals surface area (Å²) in [5, 5.41) is 3.00. The largest absolute Gasteiger partial charge is 0.351 e. The van der Waals surface area contributed by atoms with Crippen molar-refractivity contribution in [3.63, 3.8) is 0 Å². The molecule has 0 aromatic heterocycles. The van der Waals surface area contributed by atoms with E-state index in [1.165, 1.54) is 12.1 Å². The van der Waals surface area contributed by atoms with Gasteiger partial charge in [0.15, 0.2) is 0 Å². The van der Waals surface area contributed by atoms with Gasteiger partial charge >= 0.3 is 0 Å². The maximum Gasteiger partial charge on any atom is 0.230 e. The van der Waals surface area contributed by atoms with Crippen LogP contribution in [0.1, 0.15) is 36.8 Å². The third kappa shape index (κ3) is 3.09. The molecule has 1 saturated carbocycles. The molecule has 2 aromatic carbocycles. The van der Waals surface area contributed by atoms with Gasteiger partial charge in [-0.25, -0.2) is 4.39 Å². The van der Waals surface area contributed by atoms with Crippen molar-refractivity contribution in [2.24, 2.45) is 0 Å². The second-order valence-corrected chi connectivity index (χ2v) is 7.09. The highest BCUT2D eigenvalue weighted by Crippen LogP contribution is 2.48. The Balaban J connectivity index is 1.38. The third-order valence-corrected chi connectivity index (χ3v) is 5.36. The van der Waals surface area contributed by atoms with Crippen LogP contribution in [0.2, 0.25) is 0 Å². The van der Waals surface area contributed by atoms with Crippen LogP contribution < -0.4 is 10.2 Å². The number of hydrogen-bond acceptors (Lipinski definition) is 2. The van der Waals surface area contributed by atoms with Gasteiger partial charge in [-0.3, -0.25) is 9.59 Å². The molecule has 2 fully saturated rings. The first-order chi connectivity index (χ1) is 12.6. The Morgan fingerprint density at radius 2 is 1.77 bits per heavy atom. The van der Waals surface area contributed by atoms with Crippen molar-refractivity contribution in [3.05, 3.63) is 65.5 Å². The van der Waals surface area contributed by atoms with Gasteiger partial charge in [0, 0.05) is 25.2 Å². The molecule has 134 valence electrons. The summed E-state index contributed by atoms with van der Waals surface area (Å²) in [5.74, 6) is -0.134. The first-order valence-electron chi connectivity index (χ1n) is 9.02. The lowest BCUT2D eigenvalue weighted by Gasteiger charge is -2.17. The molecule has 0 atom stereocenters. The molecule has 0 spiro atoms. The fourth-order valence-corrected chi connectivity index (χ4v) is 3.61. The van der Waals surface area contributed by atoms with E-state index in [9.17, 15) is 14.0 Å². The van der Waals surface area contributed by atoms with E-state index in [2.05, 4.69) is 5.32 Å². The van der Waals surface area contributed by atoms with E-state index in [1.54, 1.807) is 17.0 Å². The number of nitrogens with one attached hydrogen (secondary N) is 1. The fourth-order valence-electron chi connectivity index (χ4n) is 3.61. The summed E-state index contributed by atoms with van der Waals surface area (Å²) in [7, 11) is 0. The summed E-state index contributed by atoms with van der Waals surface area (Å²) < 4.78 is 13.1. The monoisotopic (exact) mass is 352 g/mol. The van der Waals surface area contributed by atoms with Crippen molar-refractivity contribution < 1.29 is 14.0 Å². The molecule has 0 bridgehead atoms. The van der Waals surface area contributed by atoms with Gasteiger partial charge in [-0.15, -0.1) is 0 Å². The van der Waals surface area contributed by atoms with Crippen molar-refractivity contribution in [1.29, 1.82) is 0 Å². The van der Waals surface area contributed by atoms with Crippen molar-refractivity contribution in [2.45, 2.75) is 37.6 Å². The smallest absolute Gasteiger partial charge is 0.230 e. The van der Waals surface area contributed by atoms with Crippen molar-refractivity contribution in [3.8, 4) is 0 Å². The van der Waals surface area contributed by atoms with Crippen LogP contribution in [-0.4, -0.2) is 18.4 Å². The molecule has 1 aliphatic carbocycles. The maximum absolute atomic E-state index is 13.1. The molecule has 0 radical (unpaired) electrons. The number of halogens is 1. The normalized spacial score (nSPS) is 18.0. The summed E-state index contributed by atoms with van der Waals surface area (Å²) >= 11 is 0. The Morgan fingerprint density at radius 1 is 1.08 bits per heavy atom. The van der Waals surface area contributed by atoms with Gasteiger partial charge in [0.1, 0.15) is 5.82 Å². The summed E-state index contributed by atoms with van der Waals surface area (Å²) in [4.78, 5) is 26.2. The van der Waals surface area contributed by atoms with E-state index in [4.69, 9.17) is 0 Å². The summed E-state index contributed by atoms with van der Waals surface area (Å²) in [6, 6.07) is 13.9. The summed E-state index contributed by atoms with van der Waals surface area (Å²) in [6.07, 6.45) is 3.10. The minimum Gasteiger partial charge on any atom is -0.351 e. The number of rotatable bonds is 5. The zero-order valence-corrected chi connectivity index (χ0v) is 14.5. The van der Waals surface area contributed by atoms with E-state index in [-0.39, 0.29) is 17.6 Å². The van der Waals surface area contributed by atoms with Crippen LogP contribution >= 0.6 is 0 Å². The van der Waals surface area contributed by atoms with E-state index < -0.39 is 5.41 Å². The van der Waals surface area contributed by atoms with Crippen LogP contribution in [0.4, 0.5) is 10.1 Å². The van der Waals surface area contributed by atoms with Gasteiger partial charge < -0.3 is 10.2 Å². The second-order valence-electron chi connectivity index (χ2n) is 7.09. The van der Waals surface area contributed by atoms with Crippen LogP contribution in [0.25, 0.3) is 0 Å². The van der Waals surface area contributed by atoms with Crippen molar-refractivity contribution >= 4 is 17.5 Å². The van der Waals surface area contributed by atoms with Crippen LogP contribution in [0.5, 0.6) is 0 Å². The standard InChI is InChI=1S/C21H21FN2O2/c22-17-7-5-16(6-8-17)21(11-12-21)20(26)23-14-15-3-9-18(10-4-15)24-13-1-2-19(24)25/h3-10H,1-2,11-14H2,(H,23,26). The predicted octanol–water partition coefficient (Wildman–Crippen LogP) is 3.30. The van der Waals surface area contributed by atoms with Gasteiger partial charge in [0.25, 0.3) is 0 Å². The number of nitrogens with zero attached hydrogens (tertiary/aromatic N) is 1. The number of amides is 2. The van der Waals surface area contributed by atoms with Gasteiger partial charge in [-0.1, -0.05) is 24.3 Å². The number of carbonyl (C=O) groups is 2. The number of benzene rings is 2. The third-order valence-electron chi connectivity index (χ3n) is 5.36. The molecule has 1 N–H and O–H groups in total. The van der Waals surface area contributed by atoms with E-state index >= 15 is 0 Å². The molecule has 4 rings (SSSR count). The van der Waals surface area contributed by atoms with Crippen LogP contribution in [0, 0.1) is 5.82 Å². The molecular formula is C21H21FN2O2. The maximum atomic E-state index is 13.1. The first kappa shape index (κ1) is 16.8. The molecule has 26 heavy (non-hydrogen) atoms. The SMILES string of the molecule is O=C1CCCN1c1ccc(CNC(=O)C2(c3ccc(F)cc3)CC2)cc1. The predicted molar refractivity (Wildman–Crippen MR) is 97.2 cm³/mol. The Kier molecular flexibility index (Phi) is 4.23. The molecular weight excluding hydrogens is 331 g/mol. The Morgan fingerprint density at radius 3 is 2.35 bits per heavy atom. The van der Waals surface area contributed by atoms with Gasteiger partial charge in [-0.05, 0) is 54.7 Å². The zero-order valence-electron chi connectivity index (χ0n) is 14.5. The van der Waals surface area contributed by atoms with E-state index in [1.807, 2.05) is 24.3 Å². The average molecular weight is 352 g/mol.